The number of hydrogen-bond donors (Lipinski definition) is 2. The van der Waals surface area contributed by atoms with Gasteiger partial charge in [-0.05, 0) is 59.4 Å². The summed E-state index contributed by atoms with van der Waals surface area (Å²) in [6.45, 7) is 7.60. The minimum atomic E-state index is -0.605. The molecule has 0 amide bonds. The van der Waals surface area contributed by atoms with E-state index in [0.29, 0.717) is 22.3 Å². The lowest BCUT2D eigenvalue weighted by atomic mass is 9.88. The fraction of sp³-hybridized carbons (Fsp3) is 0.300. The summed E-state index contributed by atoms with van der Waals surface area (Å²) in [6.07, 6.45) is 0. The van der Waals surface area contributed by atoms with Crippen molar-refractivity contribution in [1.82, 2.24) is 0 Å². The van der Waals surface area contributed by atoms with E-state index in [4.69, 9.17) is 0 Å². The second-order valence-electron chi connectivity index (χ2n) is 6.51. The highest BCUT2D eigenvalue weighted by molar-refractivity contribution is 6.49. The lowest BCUT2D eigenvalue weighted by Crippen LogP contribution is -2.18. The quantitative estimate of drug-likeness (QED) is 0.630. The molecule has 0 heterocycles. The van der Waals surface area contributed by atoms with Crippen LogP contribution in [-0.2, 0) is 0 Å². The SMILES string of the molecule is CC(C)c1cc(O)ccc1C(=O)C(=O)c1ccc(O)cc1C(C)C. The predicted octanol–water partition coefficient (Wildman–Crippen LogP) is 4.41. The normalized spacial score (nSPS) is 11.1. The lowest BCUT2D eigenvalue weighted by Gasteiger charge is -2.14. The van der Waals surface area contributed by atoms with Crippen molar-refractivity contribution in [2.75, 3.05) is 0 Å². The number of phenolic OH excluding ortho intramolecular Hbond substituents is 2. The molecule has 4 heteroatoms. The molecule has 0 unspecified atom stereocenters. The standard InChI is InChI=1S/C20H22O4/c1-11(2)17-9-13(21)5-7-15(17)19(23)20(24)16-8-6-14(22)10-18(16)12(3)4/h5-12,21-22H,1-4H3. The fourth-order valence-electron chi connectivity index (χ4n) is 2.71. The van der Waals surface area contributed by atoms with Crippen LogP contribution >= 0.6 is 0 Å². The zero-order chi connectivity index (χ0) is 18.0. The van der Waals surface area contributed by atoms with Gasteiger partial charge in [0.25, 0.3) is 0 Å². The molecule has 0 fully saturated rings. The van der Waals surface area contributed by atoms with Crippen molar-refractivity contribution in [2.45, 2.75) is 39.5 Å². The summed E-state index contributed by atoms with van der Waals surface area (Å²) < 4.78 is 0. The first kappa shape index (κ1) is 17.7. The van der Waals surface area contributed by atoms with Crippen molar-refractivity contribution in [2.24, 2.45) is 0 Å². The van der Waals surface area contributed by atoms with E-state index in [1.807, 2.05) is 27.7 Å². The van der Waals surface area contributed by atoms with Crippen molar-refractivity contribution in [3.05, 3.63) is 58.7 Å². The molecule has 0 atom stereocenters. The number of hydrogen-bond acceptors (Lipinski definition) is 4. The Labute approximate surface area is 141 Å². The molecule has 0 radical (unpaired) electrons. The van der Waals surface area contributed by atoms with Gasteiger partial charge < -0.3 is 10.2 Å². The first-order chi connectivity index (χ1) is 11.2. The molecule has 2 aromatic rings. The van der Waals surface area contributed by atoms with Crippen LogP contribution in [-0.4, -0.2) is 21.8 Å². The van der Waals surface area contributed by atoms with E-state index in [1.54, 1.807) is 0 Å². The van der Waals surface area contributed by atoms with Crippen LogP contribution in [0.4, 0.5) is 0 Å². The predicted molar refractivity (Wildman–Crippen MR) is 93.1 cm³/mol. The summed E-state index contributed by atoms with van der Waals surface area (Å²) in [7, 11) is 0. The van der Waals surface area contributed by atoms with E-state index in [-0.39, 0.29) is 23.3 Å². The average molecular weight is 326 g/mol. The van der Waals surface area contributed by atoms with Gasteiger partial charge in [0, 0.05) is 11.1 Å². The zero-order valence-electron chi connectivity index (χ0n) is 14.3. The molecule has 0 aromatic heterocycles. The van der Waals surface area contributed by atoms with Gasteiger partial charge in [-0.2, -0.15) is 0 Å². The molecule has 0 aliphatic carbocycles. The second kappa shape index (κ2) is 6.87. The van der Waals surface area contributed by atoms with Crippen LogP contribution in [0.15, 0.2) is 36.4 Å². The van der Waals surface area contributed by atoms with Crippen molar-refractivity contribution in [1.29, 1.82) is 0 Å². The number of phenols is 2. The highest BCUT2D eigenvalue weighted by Gasteiger charge is 2.25. The molecule has 0 saturated heterocycles. The number of Topliss-reactive ketones (excluding diaryl/α,β-unsaturated/α-hetero) is 2. The highest BCUT2D eigenvalue weighted by atomic mass is 16.3. The summed E-state index contributed by atoms with van der Waals surface area (Å²) in [5.74, 6) is -1.09. The van der Waals surface area contributed by atoms with E-state index >= 15 is 0 Å². The van der Waals surface area contributed by atoms with Crippen LogP contribution in [0.5, 0.6) is 11.5 Å². The Morgan fingerprint density at radius 1 is 0.708 bits per heavy atom. The van der Waals surface area contributed by atoms with Crippen molar-refractivity contribution in [3.63, 3.8) is 0 Å². The largest absolute Gasteiger partial charge is 0.508 e. The molecule has 0 bridgehead atoms. The van der Waals surface area contributed by atoms with Crippen molar-refractivity contribution in [3.8, 4) is 11.5 Å². The van der Waals surface area contributed by atoms with Gasteiger partial charge >= 0.3 is 0 Å². The monoisotopic (exact) mass is 326 g/mol. The van der Waals surface area contributed by atoms with Crippen LogP contribution in [0.2, 0.25) is 0 Å². The maximum Gasteiger partial charge on any atom is 0.233 e. The molecule has 0 saturated carbocycles. The molecular formula is C20H22O4. The van der Waals surface area contributed by atoms with E-state index in [1.165, 1.54) is 36.4 Å². The van der Waals surface area contributed by atoms with Gasteiger partial charge in [0.15, 0.2) is 0 Å². The summed E-state index contributed by atoms with van der Waals surface area (Å²) in [5.41, 5.74) is 1.88. The van der Waals surface area contributed by atoms with Gasteiger partial charge in [-0.1, -0.05) is 27.7 Å². The van der Waals surface area contributed by atoms with E-state index < -0.39 is 11.6 Å². The molecule has 24 heavy (non-hydrogen) atoms. The Morgan fingerprint density at radius 2 is 1.04 bits per heavy atom. The first-order valence-corrected chi connectivity index (χ1v) is 7.97. The van der Waals surface area contributed by atoms with Crippen LogP contribution in [0.3, 0.4) is 0 Å². The number of benzene rings is 2. The van der Waals surface area contributed by atoms with Crippen LogP contribution in [0, 0.1) is 0 Å². The number of carbonyl (C=O) groups excluding carboxylic acids is 2. The van der Waals surface area contributed by atoms with Gasteiger partial charge in [0.2, 0.25) is 11.6 Å². The van der Waals surface area contributed by atoms with E-state index in [2.05, 4.69) is 0 Å². The molecular weight excluding hydrogens is 304 g/mol. The summed E-state index contributed by atoms with van der Waals surface area (Å²) in [5, 5.41) is 19.3. The van der Waals surface area contributed by atoms with E-state index in [0.717, 1.165) is 0 Å². The Balaban J connectivity index is 2.51. The van der Waals surface area contributed by atoms with Gasteiger partial charge in [-0.3, -0.25) is 9.59 Å². The number of carbonyl (C=O) groups is 2. The van der Waals surface area contributed by atoms with Gasteiger partial charge in [0.1, 0.15) is 11.5 Å². The third-order valence-corrected chi connectivity index (χ3v) is 4.01. The maximum absolute atomic E-state index is 12.7. The maximum atomic E-state index is 12.7. The fourth-order valence-corrected chi connectivity index (χ4v) is 2.71. The number of ketones is 2. The van der Waals surface area contributed by atoms with E-state index in [9.17, 15) is 19.8 Å². The summed E-state index contributed by atoms with van der Waals surface area (Å²) in [4.78, 5) is 25.5. The molecule has 2 rings (SSSR count). The molecule has 0 aliphatic heterocycles. The lowest BCUT2D eigenvalue weighted by molar-refractivity contribution is 0.0815. The molecule has 126 valence electrons. The zero-order valence-corrected chi connectivity index (χ0v) is 14.3. The molecule has 0 aliphatic rings. The topological polar surface area (TPSA) is 74.6 Å². The highest BCUT2D eigenvalue weighted by Crippen LogP contribution is 2.28. The Morgan fingerprint density at radius 3 is 1.33 bits per heavy atom. The van der Waals surface area contributed by atoms with Gasteiger partial charge in [-0.15, -0.1) is 0 Å². The van der Waals surface area contributed by atoms with Crippen molar-refractivity contribution < 1.29 is 19.8 Å². The van der Waals surface area contributed by atoms with Gasteiger partial charge in [0.05, 0.1) is 0 Å². The Bertz CT molecular complexity index is 721. The molecule has 0 spiro atoms. The van der Waals surface area contributed by atoms with Crippen LogP contribution < -0.4 is 0 Å². The number of aromatic hydroxyl groups is 2. The molecule has 2 aromatic carbocycles. The number of rotatable bonds is 5. The Kier molecular flexibility index (Phi) is 5.07. The Hall–Kier alpha value is -2.62. The average Bonchev–Trinajstić information content (AvgIpc) is 2.53. The van der Waals surface area contributed by atoms with Crippen LogP contribution in [0.1, 0.15) is 71.4 Å². The van der Waals surface area contributed by atoms with Crippen molar-refractivity contribution >= 4 is 11.6 Å². The first-order valence-electron chi connectivity index (χ1n) is 7.97. The summed E-state index contributed by atoms with van der Waals surface area (Å²) >= 11 is 0. The summed E-state index contributed by atoms with van der Waals surface area (Å²) in [6, 6.07) is 8.83. The second-order valence-corrected chi connectivity index (χ2v) is 6.51. The minimum Gasteiger partial charge on any atom is -0.508 e. The smallest absolute Gasteiger partial charge is 0.233 e. The minimum absolute atomic E-state index is 0.00626. The third-order valence-electron chi connectivity index (χ3n) is 4.01. The molecule has 4 nitrogen and oxygen atoms in total. The third kappa shape index (κ3) is 3.48. The van der Waals surface area contributed by atoms with Gasteiger partial charge in [-0.25, -0.2) is 0 Å². The molecule has 2 N–H and O–H groups in total. The van der Waals surface area contributed by atoms with Crippen LogP contribution in [0.25, 0.3) is 0 Å².